The molecule has 7 heteroatoms. The van der Waals surface area contributed by atoms with E-state index >= 15 is 0 Å². The fourth-order valence-electron chi connectivity index (χ4n) is 2.78. The lowest BCUT2D eigenvalue weighted by atomic mass is 10.1. The van der Waals surface area contributed by atoms with Crippen molar-refractivity contribution in [1.82, 2.24) is 14.9 Å². The van der Waals surface area contributed by atoms with Crippen molar-refractivity contribution in [2.75, 3.05) is 12.4 Å². The smallest absolute Gasteiger partial charge is 0.243 e. The first-order valence-corrected chi connectivity index (χ1v) is 7.35. The Morgan fingerprint density at radius 1 is 1.43 bits per heavy atom. The van der Waals surface area contributed by atoms with Crippen LogP contribution in [0.15, 0.2) is 12.1 Å². The van der Waals surface area contributed by atoms with Crippen LogP contribution in [0.25, 0.3) is 11.0 Å². The Balaban J connectivity index is 2.22. The highest BCUT2D eigenvalue weighted by atomic mass is 35.5. The molecule has 1 fully saturated rings. The van der Waals surface area contributed by atoms with Crippen molar-refractivity contribution in [3.8, 4) is 0 Å². The number of piperidine rings is 1. The van der Waals surface area contributed by atoms with Crippen LogP contribution in [-0.4, -0.2) is 27.9 Å². The first-order chi connectivity index (χ1) is 10.1. The van der Waals surface area contributed by atoms with E-state index in [1.165, 1.54) is 6.07 Å². The summed E-state index contributed by atoms with van der Waals surface area (Å²) in [4.78, 5) is 16.3. The number of benzene rings is 1. The SMILES string of the molecule is O=C1NCCCC1n1c(CCCl)nc2c(F)cc(F)cc21. The molecule has 0 aliphatic carbocycles. The summed E-state index contributed by atoms with van der Waals surface area (Å²) in [5.41, 5.74) is 0.379. The molecule has 1 atom stereocenters. The van der Waals surface area contributed by atoms with Gasteiger partial charge < -0.3 is 9.88 Å². The summed E-state index contributed by atoms with van der Waals surface area (Å²) in [6.07, 6.45) is 1.82. The number of carbonyl (C=O) groups is 1. The molecule has 1 N–H and O–H groups in total. The largest absolute Gasteiger partial charge is 0.354 e. The minimum Gasteiger partial charge on any atom is -0.354 e. The van der Waals surface area contributed by atoms with E-state index in [9.17, 15) is 13.6 Å². The van der Waals surface area contributed by atoms with Crippen LogP contribution in [0.4, 0.5) is 8.78 Å². The molecule has 0 bridgehead atoms. The highest BCUT2D eigenvalue weighted by molar-refractivity contribution is 6.17. The second-order valence-corrected chi connectivity index (χ2v) is 5.42. The van der Waals surface area contributed by atoms with E-state index in [0.717, 1.165) is 12.5 Å². The number of nitrogens with one attached hydrogen (secondary N) is 1. The van der Waals surface area contributed by atoms with E-state index in [2.05, 4.69) is 10.3 Å². The lowest BCUT2D eigenvalue weighted by molar-refractivity contribution is -0.125. The van der Waals surface area contributed by atoms with Crippen molar-refractivity contribution in [2.45, 2.75) is 25.3 Å². The van der Waals surface area contributed by atoms with Gasteiger partial charge in [-0.05, 0) is 12.8 Å². The van der Waals surface area contributed by atoms with Crippen LogP contribution in [0.1, 0.15) is 24.7 Å². The summed E-state index contributed by atoms with van der Waals surface area (Å²) in [6.45, 7) is 0.621. The zero-order valence-corrected chi connectivity index (χ0v) is 12.0. The molecule has 0 spiro atoms. The van der Waals surface area contributed by atoms with Gasteiger partial charge in [-0.25, -0.2) is 13.8 Å². The van der Waals surface area contributed by atoms with Gasteiger partial charge in [0.1, 0.15) is 23.2 Å². The first kappa shape index (κ1) is 14.3. The van der Waals surface area contributed by atoms with E-state index in [0.29, 0.717) is 36.6 Å². The van der Waals surface area contributed by atoms with Gasteiger partial charge in [0.05, 0.1) is 5.52 Å². The molecule has 1 saturated heterocycles. The van der Waals surface area contributed by atoms with Gasteiger partial charge in [-0.15, -0.1) is 11.6 Å². The molecule has 4 nitrogen and oxygen atoms in total. The lowest BCUT2D eigenvalue weighted by Gasteiger charge is -2.25. The van der Waals surface area contributed by atoms with Gasteiger partial charge in [-0.2, -0.15) is 0 Å². The molecule has 3 rings (SSSR count). The van der Waals surface area contributed by atoms with Crippen molar-refractivity contribution in [2.24, 2.45) is 0 Å². The fourth-order valence-corrected chi connectivity index (χ4v) is 2.95. The van der Waals surface area contributed by atoms with E-state index in [-0.39, 0.29) is 11.4 Å². The molecule has 1 aromatic heterocycles. The standard InChI is InChI=1S/C14H14ClF2N3O/c15-4-3-12-19-13-9(17)6-8(16)7-11(13)20(12)10-2-1-5-18-14(10)21/h6-7,10H,1-5H2,(H,18,21). The van der Waals surface area contributed by atoms with Gasteiger partial charge in [0.2, 0.25) is 5.91 Å². The maximum atomic E-state index is 13.9. The predicted octanol–water partition coefficient (Wildman–Crippen LogP) is 2.55. The van der Waals surface area contributed by atoms with E-state index in [4.69, 9.17) is 11.6 Å². The number of halogens is 3. The zero-order chi connectivity index (χ0) is 15.0. The number of rotatable bonds is 3. The van der Waals surface area contributed by atoms with Crippen LogP contribution in [0, 0.1) is 11.6 Å². The van der Waals surface area contributed by atoms with Crippen molar-refractivity contribution in [3.05, 3.63) is 29.6 Å². The summed E-state index contributed by atoms with van der Waals surface area (Å²) in [5, 5.41) is 2.78. The number of hydrogen-bond acceptors (Lipinski definition) is 2. The molecule has 1 aliphatic heterocycles. The lowest BCUT2D eigenvalue weighted by Crippen LogP contribution is -2.38. The summed E-state index contributed by atoms with van der Waals surface area (Å²) in [7, 11) is 0. The van der Waals surface area contributed by atoms with Gasteiger partial charge in [-0.1, -0.05) is 0 Å². The number of hydrogen-bond donors (Lipinski definition) is 1. The fraction of sp³-hybridized carbons (Fsp3) is 0.429. The third-order valence-electron chi connectivity index (χ3n) is 3.67. The van der Waals surface area contributed by atoms with Crippen molar-refractivity contribution in [1.29, 1.82) is 0 Å². The summed E-state index contributed by atoms with van der Waals surface area (Å²) in [5.74, 6) is -0.764. The molecule has 112 valence electrons. The molecular formula is C14H14ClF2N3O. The van der Waals surface area contributed by atoms with E-state index in [1.54, 1.807) is 4.57 Å². The van der Waals surface area contributed by atoms with Crippen LogP contribution < -0.4 is 5.32 Å². The van der Waals surface area contributed by atoms with Crippen LogP contribution in [0.5, 0.6) is 0 Å². The van der Waals surface area contributed by atoms with Crippen molar-refractivity contribution in [3.63, 3.8) is 0 Å². The molecule has 1 unspecified atom stereocenters. The molecule has 1 amide bonds. The summed E-state index contributed by atoms with van der Waals surface area (Å²) >= 11 is 5.76. The molecule has 2 heterocycles. The van der Waals surface area contributed by atoms with Crippen LogP contribution in [0.3, 0.4) is 0 Å². The second-order valence-electron chi connectivity index (χ2n) is 5.04. The second kappa shape index (κ2) is 5.60. The number of aromatic nitrogens is 2. The zero-order valence-electron chi connectivity index (χ0n) is 11.2. The van der Waals surface area contributed by atoms with Crippen molar-refractivity contribution < 1.29 is 13.6 Å². The Morgan fingerprint density at radius 2 is 2.24 bits per heavy atom. The Bertz CT molecular complexity index is 701. The molecule has 0 radical (unpaired) electrons. The van der Waals surface area contributed by atoms with Crippen molar-refractivity contribution >= 4 is 28.5 Å². The van der Waals surface area contributed by atoms with E-state index in [1.807, 2.05) is 0 Å². The number of fused-ring (bicyclic) bond motifs is 1. The van der Waals surface area contributed by atoms with Crippen LogP contribution in [0.2, 0.25) is 0 Å². The van der Waals surface area contributed by atoms with Gasteiger partial charge in [0.15, 0.2) is 5.82 Å². The maximum absolute atomic E-state index is 13.9. The summed E-state index contributed by atoms with van der Waals surface area (Å²) in [6, 6.07) is 1.51. The average molecular weight is 314 g/mol. The molecular weight excluding hydrogens is 300 g/mol. The first-order valence-electron chi connectivity index (χ1n) is 6.81. The number of nitrogens with zero attached hydrogens (tertiary/aromatic N) is 2. The van der Waals surface area contributed by atoms with Crippen LogP contribution >= 0.6 is 11.6 Å². The molecule has 2 aromatic rings. The van der Waals surface area contributed by atoms with Gasteiger partial charge in [-0.3, -0.25) is 4.79 Å². The molecule has 21 heavy (non-hydrogen) atoms. The number of carbonyl (C=O) groups excluding carboxylic acids is 1. The Labute approximate surface area is 125 Å². The average Bonchev–Trinajstić information content (AvgIpc) is 2.78. The third kappa shape index (κ3) is 2.48. The predicted molar refractivity (Wildman–Crippen MR) is 75.4 cm³/mol. The van der Waals surface area contributed by atoms with E-state index < -0.39 is 17.7 Å². The number of imidazole rings is 1. The molecule has 1 aliphatic rings. The maximum Gasteiger partial charge on any atom is 0.243 e. The monoisotopic (exact) mass is 313 g/mol. The highest BCUT2D eigenvalue weighted by Gasteiger charge is 2.28. The number of aryl methyl sites for hydroxylation is 1. The number of alkyl halides is 1. The topological polar surface area (TPSA) is 46.9 Å². The quantitative estimate of drug-likeness (QED) is 0.885. The Hall–Kier alpha value is -1.69. The Morgan fingerprint density at radius 3 is 2.95 bits per heavy atom. The van der Waals surface area contributed by atoms with Gasteiger partial charge in [0.25, 0.3) is 0 Å². The Kier molecular flexibility index (Phi) is 3.80. The van der Waals surface area contributed by atoms with Gasteiger partial charge in [0, 0.05) is 31.0 Å². The normalized spacial score (nSPS) is 19.0. The molecule has 1 aromatic carbocycles. The molecule has 0 saturated carbocycles. The minimum atomic E-state index is -0.726. The minimum absolute atomic E-state index is 0.0786. The summed E-state index contributed by atoms with van der Waals surface area (Å²) < 4.78 is 29.0. The number of amides is 1. The highest BCUT2D eigenvalue weighted by Crippen LogP contribution is 2.28. The van der Waals surface area contributed by atoms with Crippen LogP contribution in [-0.2, 0) is 11.2 Å². The third-order valence-corrected chi connectivity index (χ3v) is 3.86. The van der Waals surface area contributed by atoms with Gasteiger partial charge >= 0.3 is 0 Å².